The molecule has 0 aliphatic heterocycles. The molecule has 0 aliphatic carbocycles. The van der Waals surface area contributed by atoms with Crippen molar-refractivity contribution in [1.82, 2.24) is 0 Å². The van der Waals surface area contributed by atoms with Crippen LogP contribution in [0, 0.1) is 0 Å². The molecule has 0 saturated heterocycles. The van der Waals surface area contributed by atoms with Gasteiger partial charge in [0.25, 0.3) is 0 Å². The van der Waals surface area contributed by atoms with Gasteiger partial charge in [0.1, 0.15) is 0 Å². The van der Waals surface area contributed by atoms with Gasteiger partial charge in [-0.05, 0) is 48.3 Å². The lowest BCUT2D eigenvalue weighted by molar-refractivity contribution is 0.250. The van der Waals surface area contributed by atoms with Crippen LogP contribution in [0.5, 0.6) is 0 Å². The third kappa shape index (κ3) is 2.95. The number of aliphatic hydroxyl groups is 1. The summed E-state index contributed by atoms with van der Waals surface area (Å²) in [6, 6.07) is 8.12. The molecule has 0 atom stereocenters. The topological polar surface area (TPSA) is 23.5 Å². The van der Waals surface area contributed by atoms with Gasteiger partial charge >= 0.3 is 0 Å². The number of hydrogen-bond acceptors (Lipinski definition) is 2. The third-order valence-corrected chi connectivity index (χ3v) is 3.52. The van der Waals surface area contributed by atoms with Crippen LogP contribution in [-0.4, -0.2) is 24.3 Å². The molecule has 1 aromatic rings. The van der Waals surface area contributed by atoms with Gasteiger partial charge in [-0.15, -0.1) is 0 Å². The fourth-order valence-corrected chi connectivity index (χ4v) is 2.04. The molecule has 1 rings (SSSR count). The van der Waals surface area contributed by atoms with Gasteiger partial charge in [0, 0.05) is 23.7 Å². The first-order valence-electron chi connectivity index (χ1n) is 5.08. The van der Waals surface area contributed by atoms with Crippen LogP contribution in [-0.2, 0) is 0 Å². The number of anilines is 1. The molecule has 0 bridgehead atoms. The fraction of sp³-hybridized carbons (Fsp3) is 0.500. The Hall–Kier alpha value is -0.540. The van der Waals surface area contributed by atoms with Gasteiger partial charge in [0.2, 0.25) is 0 Å². The van der Waals surface area contributed by atoms with Gasteiger partial charge in [0.05, 0.1) is 5.69 Å². The summed E-state index contributed by atoms with van der Waals surface area (Å²) in [5.41, 5.74) is 1.11. The molecule has 0 aliphatic rings. The number of benzene rings is 1. The Morgan fingerprint density at radius 2 is 1.93 bits per heavy atom. The Morgan fingerprint density at radius 3 is 2.47 bits per heavy atom. The summed E-state index contributed by atoms with van der Waals surface area (Å²) < 4.78 is 1.08. The summed E-state index contributed by atoms with van der Waals surface area (Å²) in [4.78, 5) is 2.19. The molecule has 1 aromatic carbocycles. The van der Waals surface area contributed by atoms with E-state index in [-0.39, 0.29) is 12.1 Å². The molecule has 0 spiro atoms. The minimum atomic E-state index is -0.0430. The van der Waals surface area contributed by atoms with Crippen molar-refractivity contribution < 1.29 is 5.11 Å². The Morgan fingerprint density at radius 1 is 1.33 bits per heavy atom. The predicted octanol–water partition coefficient (Wildman–Crippen LogP) is 3.05. The molecule has 0 aromatic heterocycles. The van der Waals surface area contributed by atoms with E-state index < -0.39 is 0 Å². The second-order valence-corrected chi connectivity index (χ2v) is 5.15. The minimum absolute atomic E-state index is 0.0430. The van der Waals surface area contributed by atoms with Crippen molar-refractivity contribution in [2.45, 2.75) is 25.8 Å². The van der Waals surface area contributed by atoms with Crippen LogP contribution in [0.25, 0.3) is 0 Å². The van der Waals surface area contributed by atoms with Gasteiger partial charge in [-0.25, -0.2) is 0 Å². The molecule has 1 N–H and O–H groups in total. The lowest BCUT2D eigenvalue weighted by Crippen LogP contribution is -2.42. The van der Waals surface area contributed by atoms with E-state index in [1.165, 1.54) is 0 Å². The maximum absolute atomic E-state index is 9.03. The molecule has 0 radical (unpaired) electrons. The SMILES string of the molecule is CN(c1ccccc1Br)C(C)(C)CCO. The van der Waals surface area contributed by atoms with Gasteiger partial charge in [-0.3, -0.25) is 0 Å². The molecule has 84 valence electrons. The third-order valence-electron chi connectivity index (χ3n) is 2.85. The van der Waals surface area contributed by atoms with Crippen LogP contribution >= 0.6 is 15.9 Å². The van der Waals surface area contributed by atoms with E-state index in [1.54, 1.807) is 0 Å². The molecular formula is C12H18BrNO. The van der Waals surface area contributed by atoms with Crippen molar-refractivity contribution in [2.75, 3.05) is 18.6 Å². The van der Waals surface area contributed by atoms with E-state index in [4.69, 9.17) is 5.11 Å². The summed E-state index contributed by atoms with van der Waals surface area (Å²) in [6.45, 7) is 4.47. The predicted molar refractivity (Wildman–Crippen MR) is 68.3 cm³/mol. The average molecular weight is 272 g/mol. The van der Waals surface area contributed by atoms with Gasteiger partial charge < -0.3 is 10.0 Å². The Labute approximate surface area is 100 Å². The van der Waals surface area contributed by atoms with Gasteiger partial charge in [-0.1, -0.05) is 12.1 Å². The van der Waals surface area contributed by atoms with E-state index >= 15 is 0 Å². The van der Waals surface area contributed by atoms with Crippen LogP contribution in [0.4, 0.5) is 5.69 Å². The summed E-state index contributed by atoms with van der Waals surface area (Å²) in [6.07, 6.45) is 0.755. The summed E-state index contributed by atoms with van der Waals surface area (Å²) in [7, 11) is 2.05. The second kappa shape index (κ2) is 4.99. The monoisotopic (exact) mass is 271 g/mol. The molecule has 0 saturated carbocycles. The van der Waals surface area contributed by atoms with Crippen molar-refractivity contribution in [1.29, 1.82) is 0 Å². The van der Waals surface area contributed by atoms with Crippen LogP contribution < -0.4 is 4.90 Å². The van der Waals surface area contributed by atoms with Crippen LogP contribution in [0.3, 0.4) is 0 Å². The van der Waals surface area contributed by atoms with E-state index in [0.29, 0.717) is 0 Å². The molecule has 0 fully saturated rings. The Balaban J connectivity index is 2.93. The molecule has 2 nitrogen and oxygen atoms in total. The van der Waals surface area contributed by atoms with Gasteiger partial charge in [-0.2, -0.15) is 0 Å². The van der Waals surface area contributed by atoms with Crippen molar-refractivity contribution in [3.8, 4) is 0 Å². The highest BCUT2D eigenvalue weighted by Gasteiger charge is 2.24. The highest BCUT2D eigenvalue weighted by atomic mass is 79.9. The first kappa shape index (κ1) is 12.5. The van der Waals surface area contributed by atoms with Crippen molar-refractivity contribution >= 4 is 21.6 Å². The highest BCUT2D eigenvalue weighted by molar-refractivity contribution is 9.10. The first-order valence-corrected chi connectivity index (χ1v) is 5.87. The Bertz CT molecular complexity index is 325. The number of nitrogens with zero attached hydrogens (tertiary/aromatic N) is 1. The van der Waals surface area contributed by atoms with Crippen molar-refractivity contribution in [3.05, 3.63) is 28.7 Å². The lowest BCUT2D eigenvalue weighted by Gasteiger charge is -2.37. The van der Waals surface area contributed by atoms with Crippen LogP contribution in [0.15, 0.2) is 28.7 Å². The smallest absolute Gasteiger partial charge is 0.0512 e. The summed E-state index contributed by atoms with van der Waals surface area (Å²) >= 11 is 3.54. The maximum Gasteiger partial charge on any atom is 0.0512 e. The van der Waals surface area contributed by atoms with E-state index in [0.717, 1.165) is 16.6 Å². The lowest BCUT2D eigenvalue weighted by atomic mass is 9.98. The number of halogens is 1. The van der Waals surface area contributed by atoms with E-state index in [9.17, 15) is 0 Å². The molecule has 0 unspecified atom stereocenters. The van der Waals surface area contributed by atoms with Gasteiger partial charge in [0.15, 0.2) is 0 Å². The molecule has 0 heterocycles. The van der Waals surface area contributed by atoms with E-state index in [2.05, 4.69) is 47.8 Å². The van der Waals surface area contributed by atoms with Crippen LogP contribution in [0.2, 0.25) is 0 Å². The number of para-hydroxylation sites is 1. The van der Waals surface area contributed by atoms with E-state index in [1.807, 2.05) is 18.2 Å². The number of aliphatic hydroxyl groups excluding tert-OH is 1. The zero-order valence-electron chi connectivity index (χ0n) is 9.50. The second-order valence-electron chi connectivity index (χ2n) is 4.30. The van der Waals surface area contributed by atoms with Crippen molar-refractivity contribution in [3.63, 3.8) is 0 Å². The molecule has 3 heteroatoms. The average Bonchev–Trinajstić information content (AvgIpc) is 2.17. The summed E-state index contributed by atoms with van der Waals surface area (Å²) in [5.74, 6) is 0. The number of hydrogen-bond donors (Lipinski definition) is 1. The Kier molecular flexibility index (Phi) is 4.17. The zero-order chi connectivity index (χ0) is 11.5. The summed E-state index contributed by atoms with van der Waals surface area (Å²) in [5, 5.41) is 9.03. The normalized spacial score (nSPS) is 11.5. The number of rotatable bonds is 4. The first-order chi connectivity index (χ1) is 6.99. The highest BCUT2D eigenvalue weighted by Crippen LogP contribution is 2.30. The maximum atomic E-state index is 9.03. The minimum Gasteiger partial charge on any atom is -0.396 e. The largest absolute Gasteiger partial charge is 0.396 e. The quantitative estimate of drug-likeness (QED) is 0.910. The molecule has 0 amide bonds. The van der Waals surface area contributed by atoms with Crippen LogP contribution in [0.1, 0.15) is 20.3 Å². The standard InChI is InChI=1S/C12H18BrNO/c1-12(2,8-9-15)14(3)11-7-5-4-6-10(11)13/h4-7,15H,8-9H2,1-3H3. The molecular weight excluding hydrogens is 254 g/mol. The van der Waals surface area contributed by atoms with Crippen molar-refractivity contribution in [2.24, 2.45) is 0 Å². The molecule has 15 heavy (non-hydrogen) atoms. The zero-order valence-corrected chi connectivity index (χ0v) is 11.1. The fourth-order valence-electron chi connectivity index (χ4n) is 1.49.